The Bertz CT molecular complexity index is 1320. The van der Waals surface area contributed by atoms with Crippen molar-refractivity contribution in [2.24, 2.45) is 0 Å². The fourth-order valence-electron chi connectivity index (χ4n) is 3.84. The molecule has 11 heteroatoms. The Labute approximate surface area is 194 Å². The zero-order chi connectivity index (χ0) is 21.9. The van der Waals surface area contributed by atoms with Crippen LogP contribution in [0.1, 0.15) is 18.7 Å². The first kappa shape index (κ1) is 20.3. The van der Waals surface area contributed by atoms with Crippen molar-refractivity contribution < 1.29 is 19.0 Å². The predicted octanol–water partition coefficient (Wildman–Crippen LogP) is 3.50. The van der Waals surface area contributed by atoms with Crippen LogP contribution in [-0.2, 0) is 4.79 Å². The van der Waals surface area contributed by atoms with Gasteiger partial charge in [0.15, 0.2) is 11.5 Å². The van der Waals surface area contributed by atoms with Crippen LogP contribution >= 0.6 is 39.3 Å². The molecule has 2 aliphatic heterocycles. The number of ether oxygens (including phenoxy) is 2. The van der Waals surface area contributed by atoms with Crippen LogP contribution < -0.4 is 24.6 Å². The summed E-state index contributed by atoms with van der Waals surface area (Å²) >= 11 is 11.4. The van der Waals surface area contributed by atoms with Crippen LogP contribution in [0.3, 0.4) is 0 Å². The van der Waals surface area contributed by atoms with E-state index in [2.05, 4.69) is 26.0 Å². The van der Waals surface area contributed by atoms with Crippen LogP contribution in [0.2, 0.25) is 5.02 Å². The largest absolute Gasteiger partial charge is 0.454 e. The highest BCUT2D eigenvalue weighted by molar-refractivity contribution is 9.10. The van der Waals surface area contributed by atoms with E-state index in [0.717, 1.165) is 4.47 Å². The molecule has 3 aromatic rings. The molecule has 0 unspecified atom stereocenters. The minimum atomic E-state index is -0.795. The minimum Gasteiger partial charge on any atom is -0.454 e. The summed E-state index contributed by atoms with van der Waals surface area (Å²) in [6, 6.07) is 8.79. The van der Waals surface area contributed by atoms with Crippen LogP contribution in [0.5, 0.6) is 11.5 Å². The van der Waals surface area contributed by atoms with Gasteiger partial charge in [0.1, 0.15) is 0 Å². The fraction of sp³-hybridized carbons (Fsp3) is 0.200. The Morgan fingerprint density at radius 1 is 1.32 bits per heavy atom. The number of fused-ring (bicyclic) bond motifs is 4. The van der Waals surface area contributed by atoms with Gasteiger partial charge in [0.05, 0.1) is 21.8 Å². The molecule has 158 valence electrons. The van der Waals surface area contributed by atoms with Crippen molar-refractivity contribution in [1.82, 2.24) is 10.1 Å². The number of rotatable bonds is 2. The Morgan fingerprint density at radius 3 is 2.77 bits per heavy atom. The van der Waals surface area contributed by atoms with Gasteiger partial charge in [-0.2, -0.15) is 0 Å². The number of carbonyl (C=O) groups excluding carboxylic acids is 1. The van der Waals surface area contributed by atoms with Crippen LogP contribution in [0.15, 0.2) is 44.8 Å². The van der Waals surface area contributed by atoms with Gasteiger partial charge in [-0.15, -0.1) is 0 Å². The Balaban J connectivity index is 1.87. The minimum absolute atomic E-state index is 0.0886. The number of carbonyl (C=O) groups is 1. The van der Waals surface area contributed by atoms with Crippen molar-refractivity contribution in [2.75, 3.05) is 17.9 Å². The number of hydrogen-bond donors (Lipinski definition) is 1. The maximum Gasteiger partial charge on any atom is 0.325 e. The summed E-state index contributed by atoms with van der Waals surface area (Å²) in [6.07, 6.45) is 1.01. The summed E-state index contributed by atoms with van der Waals surface area (Å²) in [5, 5.41) is 5.41. The maximum absolute atomic E-state index is 13.1. The van der Waals surface area contributed by atoms with Crippen LogP contribution in [0.4, 0.5) is 5.69 Å². The van der Waals surface area contributed by atoms with Crippen LogP contribution in [0, 0.1) is 0 Å². The Kier molecular flexibility index (Phi) is 4.95. The number of thioether (sulfide) groups is 1. The van der Waals surface area contributed by atoms with E-state index in [1.54, 1.807) is 33.8 Å². The van der Waals surface area contributed by atoms with Crippen molar-refractivity contribution in [1.29, 1.82) is 0 Å². The smallest absolute Gasteiger partial charge is 0.325 e. The van der Waals surface area contributed by atoms with Gasteiger partial charge >= 0.3 is 11.3 Å². The molecule has 0 saturated heterocycles. The predicted molar refractivity (Wildman–Crippen MR) is 119 cm³/mol. The van der Waals surface area contributed by atoms with Gasteiger partial charge in [0.25, 0.3) is 6.17 Å². The third-order valence-corrected chi connectivity index (χ3v) is 6.51. The summed E-state index contributed by atoms with van der Waals surface area (Å²) in [4.78, 5) is 30.4. The monoisotopic (exact) mass is 521 g/mol. The molecule has 8 nitrogen and oxygen atoms in total. The Hall–Kier alpha value is -2.56. The third kappa shape index (κ3) is 3.20. The average molecular weight is 523 g/mol. The molecule has 2 aromatic carbocycles. The van der Waals surface area contributed by atoms with E-state index in [4.69, 9.17) is 21.1 Å². The molecule has 0 spiro atoms. The van der Waals surface area contributed by atoms with E-state index in [1.807, 2.05) is 12.3 Å². The average Bonchev–Trinajstić information content (AvgIpc) is 3.18. The molecule has 2 aliphatic rings. The lowest BCUT2D eigenvalue weighted by Gasteiger charge is -2.31. The molecule has 0 aliphatic carbocycles. The molecule has 0 fully saturated rings. The summed E-state index contributed by atoms with van der Waals surface area (Å²) < 4.78 is 13.3. The SMILES string of the molecule is CSc1n[n+]2c(c(=O)[nH]1)-c1cc(Br)ccc1N(C(C)=O)[C@H]2c1cc2c(cc1Cl)OCO2. The molecule has 31 heavy (non-hydrogen) atoms. The molecule has 3 heterocycles. The van der Waals surface area contributed by atoms with E-state index in [1.165, 1.54) is 18.7 Å². The molecule has 1 atom stereocenters. The van der Waals surface area contributed by atoms with E-state index >= 15 is 0 Å². The van der Waals surface area contributed by atoms with Gasteiger partial charge in [0, 0.05) is 22.6 Å². The van der Waals surface area contributed by atoms with Crippen molar-refractivity contribution in [3.05, 3.63) is 55.7 Å². The molecular weight excluding hydrogens is 508 g/mol. The first-order valence-electron chi connectivity index (χ1n) is 9.18. The zero-order valence-corrected chi connectivity index (χ0v) is 19.5. The molecule has 1 amide bonds. The standard InChI is InChI=1S/C20H14BrClN4O4S/c1-9(27)25-14-4-3-10(21)5-12(14)17-18(28)23-20(31-2)24-26(17)19(25)11-6-15-16(7-13(11)22)30-8-29-15/h3-7,19H,8H2,1-2H3/p+1/t19-/m1/s1. The lowest BCUT2D eigenvalue weighted by molar-refractivity contribution is -0.763. The van der Waals surface area contributed by atoms with Crippen molar-refractivity contribution >= 4 is 50.9 Å². The van der Waals surface area contributed by atoms with Crippen molar-refractivity contribution in [3.8, 4) is 22.8 Å². The van der Waals surface area contributed by atoms with Crippen molar-refractivity contribution in [2.45, 2.75) is 18.2 Å². The molecule has 0 bridgehead atoms. The summed E-state index contributed by atoms with van der Waals surface area (Å²) in [5.41, 5.74) is 1.73. The molecule has 0 saturated carbocycles. The van der Waals surface area contributed by atoms with Gasteiger partial charge < -0.3 is 9.47 Å². The number of benzene rings is 2. The second kappa shape index (κ2) is 7.54. The number of hydrogen-bond acceptors (Lipinski definition) is 6. The third-order valence-electron chi connectivity index (χ3n) is 5.12. The summed E-state index contributed by atoms with van der Waals surface area (Å²) in [6.45, 7) is 1.55. The number of aromatic nitrogens is 3. The number of nitrogens with zero attached hydrogens (tertiary/aromatic N) is 3. The number of amides is 1. The van der Waals surface area contributed by atoms with Crippen LogP contribution in [0.25, 0.3) is 11.3 Å². The molecule has 0 radical (unpaired) electrons. The number of aromatic amines is 1. The second-order valence-corrected chi connectivity index (χ2v) is 9.03. The molecule has 5 rings (SSSR count). The number of H-pyrrole nitrogens is 1. The van der Waals surface area contributed by atoms with Crippen molar-refractivity contribution in [3.63, 3.8) is 0 Å². The summed E-state index contributed by atoms with van der Waals surface area (Å²) in [7, 11) is 0. The van der Waals surface area contributed by atoms with Gasteiger partial charge in [-0.1, -0.05) is 39.3 Å². The fourth-order valence-corrected chi connectivity index (χ4v) is 4.82. The Morgan fingerprint density at radius 2 is 2.06 bits per heavy atom. The highest BCUT2D eigenvalue weighted by Gasteiger charge is 2.46. The highest BCUT2D eigenvalue weighted by Crippen LogP contribution is 2.44. The maximum atomic E-state index is 13.1. The number of halogens is 2. The first-order chi connectivity index (χ1) is 14.9. The van der Waals surface area contributed by atoms with E-state index in [-0.39, 0.29) is 18.3 Å². The van der Waals surface area contributed by atoms with Crippen LogP contribution in [-0.4, -0.2) is 29.0 Å². The van der Waals surface area contributed by atoms with E-state index < -0.39 is 6.17 Å². The van der Waals surface area contributed by atoms with Gasteiger partial charge in [-0.25, -0.2) is 4.90 Å². The zero-order valence-electron chi connectivity index (χ0n) is 16.3. The molecular formula is C20H15BrClN4O4S+. The number of anilines is 1. The van der Waals surface area contributed by atoms with E-state index in [0.29, 0.717) is 44.2 Å². The highest BCUT2D eigenvalue weighted by atomic mass is 79.9. The van der Waals surface area contributed by atoms with Gasteiger partial charge in [0.2, 0.25) is 17.9 Å². The van der Waals surface area contributed by atoms with Gasteiger partial charge in [-0.3, -0.25) is 14.6 Å². The number of nitrogens with one attached hydrogen (secondary N) is 1. The molecule has 1 aromatic heterocycles. The lowest BCUT2D eigenvalue weighted by atomic mass is 10.0. The topological polar surface area (TPSA) is 88.4 Å². The quantitative estimate of drug-likeness (QED) is 0.409. The lowest BCUT2D eigenvalue weighted by Crippen LogP contribution is -2.60. The normalized spacial score (nSPS) is 16.1. The second-order valence-electron chi connectivity index (χ2n) is 6.91. The van der Waals surface area contributed by atoms with Gasteiger partial charge in [-0.05, 0) is 35.2 Å². The van der Waals surface area contributed by atoms with E-state index in [9.17, 15) is 9.59 Å². The summed E-state index contributed by atoms with van der Waals surface area (Å²) in [5.74, 6) is 0.812. The first-order valence-corrected chi connectivity index (χ1v) is 11.6. The molecule has 1 N–H and O–H groups in total.